The van der Waals surface area contributed by atoms with Crippen LogP contribution in [0.4, 0.5) is 5.69 Å². The Bertz CT molecular complexity index is 436. The normalized spacial score (nSPS) is 20.4. The van der Waals surface area contributed by atoms with Crippen LogP contribution in [0.1, 0.15) is 12.5 Å². The second-order valence-electron chi connectivity index (χ2n) is 4.19. The third-order valence-electron chi connectivity index (χ3n) is 2.93. The number of benzene rings is 1. The second kappa shape index (κ2) is 4.94. The zero-order valence-electron chi connectivity index (χ0n) is 9.74. The summed E-state index contributed by atoms with van der Waals surface area (Å²) >= 11 is 5.94. The van der Waals surface area contributed by atoms with E-state index in [1.54, 1.807) is 6.07 Å². The van der Waals surface area contributed by atoms with Gasteiger partial charge in [0, 0.05) is 28.9 Å². The Morgan fingerprint density at radius 1 is 1.59 bits per heavy atom. The molecule has 17 heavy (non-hydrogen) atoms. The van der Waals surface area contributed by atoms with Gasteiger partial charge in [-0.15, -0.1) is 0 Å². The zero-order chi connectivity index (χ0) is 12.4. The smallest absolute Gasteiger partial charge is 0.124 e. The third-order valence-corrected chi connectivity index (χ3v) is 3.16. The van der Waals surface area contributed by atoms with Gasteiger partial charge < -0.3 is 15.4 Å². The molecule has 1 saturated heterocycles. The number of hydrogen-bond donors (Lipinski definition) is 2. The molecule has 1 heterocycles. The summed E-state index contributed by atoms with van der Waals surface area (Å²) in [7, 11) is 0. The minimum Gasteiger partial charge on any atom is -0.384 e. The van der Waals surface area contributed by atoms with E-state index in [9.17, 15) is 0 Å². The number of anilines is 1. The molecule has 1 unspecified atom stereocenters. The first-order valence-electron chi connectivity index (χ1n) is 5.58. The number of amidine groups is 1. The number of morpholine rings is 1. The van der Waals surface area contributed by atoms with Crippen LogP contribution in [0, 0.1) is 5.41 Å². The molecule has 5 heteroatoms. The Hall–Kier alpha value is -1.26. The summed E-state index contributed by atoms with van der Waals surface area (Å²) in [6.07, 6.45) is 0. The van der Waals surface area contributed by atoms with Crippen LogP contribution < -0.4 is 10.6 Å². The zero-order valence-corrected chi connectivity index (χ0v) is 10.5. The standard InChI is InChI=1S/C12H16ClN3O/c1-8-7-17-5-4-16(8)11-3-2-9(13)6-10(11)12(14)15/h2-3,6,8H,4-5,7H2,1H3,(H3,14,15). The van der Waals surface area contributed by atoms with Crippen molar-refractivity contribution >= 4 is 23.1 Å². The first-order chi connectivity index (χ1) is 8.09. The maximum absolute atomic E-state index is 7.62. The molecular formula is C12H16ClN3O. The molecule has 92 valence electrons. The molecule has 0 saturated carbocycles. The van der Waals surface area contributed by atoms with Crippen LogP contribution >= 0.6 is 11.6 Å². The number of ether oxygens (including phenoxy) is 1. The summed E-state index contributed by atoms with van der Waals surface area (Å²) in [6, 6.07) is 5.76. The van der Waals surface area contributed by atoms with Crippen molar-refractivity contribution in [2.24, 2.45) is 5.73 Å². The molecule has 3 N–H and O–H groups in total. The average Bonchev–Trinajstić information content (AvgIpc) is 2.30. The van der Waals surface area contributed by atoms with Crippen LogP contribution in [-0.2, 0) is 4.74 Å². The molecule has 2 rings (SSSR count). The fourth-order valence-electron chi connectivity index (χ4n) is 2.06. The van der Waals surface area contributed by atoms with Crippen LogP contribution in [-0.4, -0.2) is 31.6 Å². The highest BCUT2D eigenvalue weighted by Gasteiger charge is 2.22. The largest absolute Gasteiger partial charge is 0.384 e. The van der Waals surface area contributed by atoms with E-state index in [1.807, 2.05) is 12.1 Å². The molecule has 1 atom stereocenters. The summed E-state index contributed by atoms with van der Waals surface area (Å²) in [5.41, 5.74) is 7.24. The van der Waals surface area contributed by atoms with E-state index in [0.717, 1.165) is 12.2 Å². The summed E-state index contributed by atoms with van der Waals surface area (Å²) in [5.74, 6) is 0.0428. The topological polar surface area (TPSA) is 62.3 Å². The summed E-state index contributed by atoms with van der Waals surface area (Å²) in [4.78, 5) is 2.20. The van der Waals surface area contributed by atoms with E-state index < -0.39 is 0 Å². The van der Waals surface area contributed by atoms with Crippen LogP contribution in [0.3, 0.4) is 0 Å². The van der Waals surface area contributed by atoms with E-state index in [4.69, 9.17) is 27.5 Å². The maximum atomic E-state index is 7.62. The lowest BCUT2D eigenvalue weighted by atomic mass is 10.1. The van der Waals surface area contributed by atoms with Gasteiger partial charge in [0.25, 0.3) is 0 Å². The average molecular weight is 254 g/mol. The van der Waals surface area contributed by atoms with E-state index in [2.05, 4.69) is 11.8 Å². The lowest BCUT2D eigenvalue weighted by Crippen LogP contribution is -2.44. The number of halogens is 1. The molecule has 0 aromatic heterocycles. The highest BCUT2D eigenvalue weighted by Crippen LogP contribution is 2.26. The minimum atomic E-state index is 0.0428. The highest BCUT2D eigenvalue weighted by molar-refractivity contribution is 6.31. The van der Waals surface area contributed by atoms with Gasteiger partial charge in [-0.25, -0.2) is 0 Å². The Morgan fingerprint density at radius 3 is 3.00 bits per heavy atom. The molecule has 0 spiro atoms. The number of nitrogens with two attached hydrogens (primary N) is 1. The second-order valence-corrected chi connectivity index (χ2v) is 4.63. The predicted molar refractivity (Wildman–Crippen MR) is 70.1 cm³/mol. The van der Waals surface area contributed by atoms with Gasteiger partial charge in [-0.2, -0.15) is 0 Å². The van der Waals surface area contributed by atoms with Crippen molar-refractivity contribution in [3.63, 3.8) is 0 Å². The Morgan fingerprint density at radius 2 is 2.35 bits per heavy atom. The monoisotopic (exact) mass is 253 g/mol. The molecule has 0 radical (unpaired) electrons. The van der Waals surface area contributed by atoms with E-state index >= 15 is 0 Å². The van der Waals surface area contributed by atoms with Gasteiger partial charge in [0.2, 0.25) is 0 Å². The quantitative estimate of drug-likeness (QED) is 0.625. The van der Waals surface area contributed by atoms with Gasteiger partial charge in [-0.05, 0) is 25.1 Å². The van der Waals surface area contributed by atoms with Gasteiger partial charge in [0.1, 0.15) is 5.84 Å². The number of rotatable bonds is 2. The van der Waals surface area contributed by atoms with Crippen molar-refractivity contribution in [2.45, 2.75) is 13.0 Å². The number of hydrogen-bond acceptors (Lipinski definition) is 3. The summed E-state index contributed by atoms with van der Waals surface area (Å²) in [5, 5.41) is 8.22. The molecular weight excluding hydrogens is 238 g/mol. The van der Waals surface area contributed by atoms with Crippen molar-refractivity contribution < 1.29 is 4.74 Å². The minimum absolute atomic E-state index is 0.0428. The van der Waals surface area contributed by atoms with E-state index in [-0.39, 0.29) is 11.9 Å². The van der Waals surface area contributed by atoms with Gasteiger partial charge in [-0.1, -0.05) is 11.6 Å². The lowest BCUT2D eigenvalue weighted by Gasteiger charge is -2.36. The maximum Gasteiger partial charge on any atom is 0.124 e. The number of nitrogen functional groups attached to an aromatic ring is 1. The van der Waals surface area contributed by atoms with Crippen LogP contribution in [0.2, 0.25) is 5.02 Å². The molecule has 4 nitrogen and oxygen atoms in total. The summed E-state index contributed by atoms with van der Waals surface area (Å²) < 4.78 is 5.40. The first kappa shape index (κ1) is 12.2. The molecule has 0 aliphatic carbocycles. The number of nitrogens with one attached hydrogen (secondary N) is 1. The molecule has 0 amide bonds. The van der Waals surface area contributed by atoms with Crippen molar-refractivity contribution in [1.29, 1.82) is 5.41 Å². The van der Waals surface area contributed by atoms with Crippen molar-refractivity contribution in [2.75, 3.05) is 24.7 Å². The number of nitrogens with zero attached hydrogens (tertiary/aromatic N) is 1. The highest BCUT2D eigenvalue weighted by atomic mass is 35.5. The van der Waals surface area contributed by atoms with Crippen molar-refractivity contribution in [3.05, 3.63) is 28.8 Å². The fraction of sp³-hybridized carbons (Fsp3) is 0.417. The lowest BCUT2D eigenvalue weighted by molar-refractivity contribution is 0.0989. The molecule has 1 aromatic rings. The Balaban J connectivity index is 2.39. The van der Waals surface area contributed by atoms with Gasteiger partial charge in [-0.3, -0.25) is 5.41 Å². The van der Waals surface area contributed by atoms with Crippen LogP contribution in [0.25, 0.3) is 0 Å². The summed E-state index contributed by atoms with van der Waals surface area (Å²) in [6.45, 7) is 4.30. The van der Waals surface area contributed by atoms with Crippen molar-refractivity contribution in [1.82, 2.24) is 0 Å². The van der Waals surface area contributed by atoms with E-state index in [0.29, 0.717) is 23.8 Å². The molecule has 0 bridgehead atoms. The van der Waals surface area contributed by atoms with Gasteiger partial charge in [0.05, 0.1) is 13.2 Å². The third kappa shape index (κ3) is 2.53. The Kier molecular flexibility index (Phi) is 3.54. The fourth-order valence-corrected chi connectivity index (χ4v) is 2.23. The molecule has 1 aliphatic rings. The molecule has 1 aromatic carbocycles. The molecule has 1 fully saturated rings. The predicted octanol–water partition coefficient (Wildman–Crippen LogP) is 1.85. The first-order valence-corrected chi connectivity index (χ1v) is 5.95. The molecule has 1 aliphatic heterocycles. The van der Waals surface area contributed by atoms with Gasteiger partial charge >= 0.3 is 0 Å². The van der Waals surface area contributed by atoms with Crippen LogP contribution in [0.5, 0.6) is 0 Å². The van der Waals surface area contributed by atoms with Crippen LogP contribution in [0.15, 0.2) is 18.2 Å². The Labute approximate surface area is 106 Å². The SMILES string of the molecule is CC1COCCN1c1ccc(Cl)cc1C(=N)N. The van der Waals surface area contributed by atoms with Gasteiger partial charge in [0.15, 0.2) is 0 Å². The van der Waals surface area contributed by atoms with E-state index in [1.165, 1.54) is 0 Å². The van der Waals surface area contributed by atoms with Crippen molar-refractivity contribution in [3.8, 4) is 0 Å².